The molecular weight excluding hydrogens is 1180 g/mol. The maximum absolute atomic E-state index is 13.5. The first-order valence-corrected chi connectivity index (χ1v) is 32.1. The summed E-state index contributed by atoms with van der Waals surface area (Å²) in [6, 6.07) is 37.6. The fraction of sp³-hybridized carbons (Fsp3) is 0.392. The summed E-state index contributed by atoms with van der Waals surface area (Å²) in [5.74, 6) is 3.32. The molecule has 3 aliphatic carbocycles. The van der Waals surface area contributed by atoms with Crippen LogP contribution in [0.1, 0.15) is 190 Å². The normalized spacial score (nSPS) is 14.4. The van der Waals surface area contributed by atoms with Crippen LogP contribution in [0.2, 0.25) is 5.02 Å². The van der Waals surface area contributed by atoms with Crippen molar-refractivity contribution in [1.82, 2.24) is 60.2 Å². The minimum absolute atomic E-state index is 0.0700. The van der Waals surface area contributed by atoms with E-state index in [2.05, 4.69) is 150 Å². The van der Waals surface area contributed by atoms with E-state index in [9.17, 15) is 23.2 Å². The van der Waals surface area contributed by atoms with Gasteiger partial charge in [-0.15, -0.1) is 30.6 Å². The predicted molar refractivity (Wildman–Crippen MR) is 360 cm³/mol. The van der Waals surface area contributed by atoms with Crippen LogP contribution in [0.3, 0.4) is 0 Å². The summed E-state index contributed by atoms with van der Waals surface area (Å²) in [5, 5.41) is 35.5. The Morgan fingerprint density at radius 3 is 1.02 bits per heavy atom. The van der Waals surface area contributed by atoms with Crippen LogP contribution < -0.4 is 16.0 Å². The summed E-state index contributed by atoms with van der Waals surface area (Å²) in [6.45, 7) is 29.1. The molecule has 0 bridgehead atoms. The number of amides is 3. The topological polar surface area (TPSA) is 179 Å². The van der Waals surface area contributed by atoms with Crippen molar-refractivity contribution in [3.05, 3.63) is 197 Å². The largest absolute Gasteiger partial charge is 0.347 e. The number of nitrogens with zero attached hydrogens (tertiary/aromatic N) is 9. The van der Waals surface area contributed by atoms with E-state index in [1.165, 1.54) is 37.1 Å². The van der Waals surface area contributed by atoms with E-state index < -0.39 is 0 Å². The summed E-state index contributed by atoms with van der Waals surface area (Å²) in [4.78, 5) is 39.6. The molecule has 92 heavy (non-hydrogen) atoms. The van der Waals surface area contributed by atoms with E-state index in [4.69, 9.17) is 11.6 Å². The molecule has 0 atom stereocenters. The monoisotopic (exact) mass is 1260 g/mol. The summed E-state index contributed by atoms with van der Waals surface area (Å²) < 4.78 is 32.7. The smallest absolute Gasteiger partial charge is 0.251 e. The Bertz CT molecular complexity index is 3940. The second-order valence-electron chi connectivity index (χ2n) is 28.9. The second-order valence-corrected chi connectivity index (χ2v) is 29.4. The number of benzene rings is 6. The van der Waals surface area contributed by atoms with Crippen LogP contribution in [0, 0.1) is 29.4 Å². The molecule has 3 N–H and O–H groups in total. The van der Waals surface area contributed by atoms with Crippen LogP contribution in [-0.2, 0) is 10.8 Å². The average molecular weight is 1260 g/mol. The van der Waals surface area contributed by atoms with Gasteiger partial charge in [0.1, 0.15) is 48.1 Å². The van der Waals surface area contributed by atoms with Gasteiger partial charge in [-0.05, 0) is 222 Å². The zero-order chi connectivity index (χ0) is 66.2. The second kappa shape index (κ2) is 26.1. The van der Waals surface area contributed by atoms with Crippen molar-refractivity contribution in [2.24, 2.45) is 17.8 Å². The lowest BCUT2D eigenvalue weighted by atomic mass is 9.95. The lowest BCUT2D eigenvalue weighted by Crippen LogP contribution is -2.45. The van der Waals surface area contributed by atoms with Gasteiger partial charge in [0.05, 0.1) is 0 Å². The Balaban J connectivity index is 0.000000151. The van der Waals surface area contributed by atoms with Gasteiger partial charge in [-0.3, -0.25) is 28.1 Å². The number of halogens is 3. The molecule has 3 aliphatic rings. The van der Waals surface area contributed by atoms with Crippen LogP contribution in [0.4, 0.5) is 8.78 Å². The SMILES string of the molecule is CC(C)(C)c1nncn1-c1cc(C(=O)NC(C)(C)C2CC2)cc(-c2ccc(Cl)cc2)c1.CC(C)(C)c1nncn1-c1cc(C(=O)NC(C)(C)C2CC2)cc(-c2ccc(F)cc2)c1.CC(C)c1nncn1-c1cc(C(=O)NC(C)(C)C2CC2)cc(-c2ccc(F)cc2)c1. The van der Waals surface area contributed by atoms with Crippen LogP contribution in [0.5, 0.6) is 0 Å². The van der Waals surface area contributed by atoms with Gasteiger partial charge in [0.15, 0.2) is 0 Å². The van der Waals surface area contributed by atoms with Crippen LogP contribution >= 0.6 is 11.6 Å². The van der Waals surface area contributed by atoms with Crippen molar-refractivity contribution in [2.75, 3.05) is 0 Å². The summed E-state index contributed by atoms with van der Waals surface area (Å²) >= 11 is 6.09. The maximum Gasteiger partial charge on any atom is 0.251 e. The maximum atomic E-state index is 13.5. The van der Waals surface area contributed by atoms with Gasteiger partial charge in [-0.25, -0.2) is 8.78 Å². The first-order valence-electron chi connectivity index (χ1n) is 31.8. The fourth-order valence-electron chi connectivity index (χ4n) is 11.6. The molecular formula is C74H85ClF2N12O3. The highest BCUT2D eigenvalue weighted by Gasteiger charge is 2.41. The molecule has 3 amide bonds. The number of carbonyl (C=O) groups excluding carboxylic acids is 3. The quantitative estimate of drug-likeness (QED) is 0.0849. The number of rotatable bonds is 16. The molecule has 0 radical (unpaired) electrons. The molecule has 3 aromatic heterocycles. The van der Waals surface area contributed by atoms with Crippen LogP contribution in [0.25, 0.3) is 50.4 Å². The molecule has 3 heterocycles. The molecule has 15 nitrogen and oxygen atoms in total. The fourth-order valence-corrected chi connectivity index (χ4v) is 11.7. The van der Waals surface area contributed by atoms with Crippen molar-refractivity contribution < 1.29 is 23.2 Å². The Hall–Kier alpha value is -8.70. The summed E-state index contributed by atoms with van der Waals surface area (Å²) in [7, 11) is 0. The lowest BCUT2D eigenvalue weighted by molar-refractivity contribution is 0.0894. The Morgan fingerprint density at radius 2 is 0.717 bits per heavy atom. The number of aromatic nitrogens is 9. The van der Waals surface area contributed by atoms with Crippen molar-refractivity contribution in [3.63, 3.8) is 0 Å². The minimum Gasteiger partial charge on any atom is -0.347 e. The molecule has 0 spiro atoms. The molecule has 18 heteroatoms. The molecule has 0 aliphatic heterocycles. The van der Waals surface area contributed by atoms with Crippen molar-refractivity contribution >= 4 is 29.3 Å². The molecule has 9 aromatic rings. The molecule has 3 fully saturated rings. The number of nitrogens with one attached hydrogen (secondary N) is 3. The van der Waals surface area contributed by atoms with E-state index in [1.807, 2.05) is 86.5 Å². The molecule has 3 saturated carbocycles. The standard InChI is InChI=1S/C25H29ClN4O.C25H29FN4O.C24H27FN4O/c2*1-24(2,3)23-29-27-15-30(23)21-13-17(16-6-10-20(26)11-7-16)12-18(14-21)22(31)28-25(4,5)19-8-9-19;1-15(2)22-28-26-14-29(22)21-12-17(16-5-9-20(25)10-6-16)11-18(13-21)23(30)27-24(3,4)19-7-8-19/h2*6-7,10-15,19H,8-9H2,1-5H3,(H,28,31);5-6,9-15,19H,7-8H2,1-4H3,(H,27,30). The zero-order valence-electron chi connectivity index (χ0n) is 55.3. The van der Waals surface area contributed by atoms with E-state index in [0.29, 0.717) is 39.5 Å². The van der Waals surface area contributed by atoms with Gasteiger partial charge < -0.3 is 16.0 Å². The highest BCUT2D eigenvalue weighted by Crippen LogP contribution is 2.42. The van der Waals surface area contributed by atoms with Gasteiger partial charge in [-0.2, -0.15) is 0 Å². The van der Waals surface area contributed by atoms with E-state index in [-0.39, 0.29) is 62.7 Å². The predicted octanol–water partition coefficient (Wildman–Crippen LogP) is 16.2. The lowest BCUT2D eigenvalue weighted by Gasteiger charge is -2.26. The summed E-state index contributed by atoms with van der Waals surface area (Å²) in [5.41, 5.74) is 8.34. The Labute approximate surface area is 544 Å². The third kappa shape index (κ3) is 15.9. The Kier molecular flexibility index (Phi) is 18.8. The average Bonchev–Trinajstić information content (AvgIpc) is 1.80. The third-order valence-electron chi connectivity index (χ3n) is 17.5. The molecule has 6 aromatic carbocycles. The molecule has 0 saturated heterocycles. The van der Waals surface area contributed by atoms with E-state index >= 15 is 0 Å². The van der Waals surface area contributed by atoms with Crippen molar-refractivity contribution in [1.29, 1.82) is 0 Å². The Morgan fingerprint density at radius 1 is 0.424 bits per heavy atom. The van der Waals surface area contributed by atoms with Gasteiger partial charge in [-0.1, -0.05) is 103 Å². The van der Waals surface area contributed by atoms with Crippen molar-refractivity contribution in [2.45, 2.75) is 169 Å². The number of carbonyl (C=O) groups is 3. The zero-order valence-corrected chi connectivity index (χ0v) is 56.0. The van der Waals surface area contributed by atoms with Crippen molar-refractivity contribution in [3.8, 4) is 50.4 Å². The van der Waals surface area contributed by atoms with Gasteiger partial charge >= 0.3 is 0 Å². The molecule has 12 rings (SSSR count). The summed E-state index contributed by atoms with van der Waals surface area (Å²) in [6.07, 6.45) is 11.9. The first kappa shape index (κ1) is 66.2. The minimum atomic E-state index is -0.294. The van der Waals surface area contributed by atoms with Gasteiger partial charge in [0.25, 0.3) is 17.7 Å². The number of hydrogen-bond acceptors (Lipinski definition) is 9. The van der Waals surface area contributed by atoms with Crippen LogP contribution in [-0.4, -0.2) is 78.6 Å². The highest BCUT2D eigenvalue weighted by molar-refractivity contribution is 6.30. The van der Waals surface area contributed by atoms with E-state index in [0.717, 1.165) is 93.6 Å². The van der Waals surface area contributed by atoms with E-state index in [1.54, 1.807) is 43.2 Å². The van der Waals surface area contributed by atoms with Crippen LogP contribution in [0.15, 0.2) is 146 Å². The first-order chi connectivity index (χ1) is 43.3. The highest BCUT2D eigenvalue weighted by atomic mass is 35.5. The molecule has 480 valence electrons. The third-order valence-corrected chi connectivity index (χ3v) is 17.8. The van der Waals surface area contributed by atoms with Gasteiger partial charge in [0, 0.05) is 72.1 Å². The van der Waals surface area contributed by atoms with Gasteiger partial charge in [0.2, 0.25) is 0 Å². The molecule has 0 unspecified atom stereocenters. The number of hydrogen-bond donors (Lipinski definition) is 3.